The molecule has 0 spiro atoms. The van der Waals surface area contributed by atoms with Crippen LogP contribution in [0.4, 0.5) is 0 Å². The van der Waals surface area contributed by atoms with Gasteiger partial charge in [0.25, 0.3) is 5.91 Å². The molecule has 0 bridgehead atoms. The molecule has 2 saturated heterocycles. The number of carbonyl (C=O) groups is 1. The Labute approximate surface area is 141 Å². The molecule has 2 aliphatic rings. The fourth-order valence-electron chi connectivity index (χ4n) is 3.92. The number of hydrogen-bond donors (Lipinski definition) is 1. The van der Waals surface area contributed by atoms with Gasteiger partial charge < -0.3 is 10.1 Å². The summed E-state index contributed by atoms with van der Waals surface area (Å²) >= 11 is 0. The van der Waals surface area contributed by atoms with E-state index in [2.05, 4.69) is 20.3 Å². The van der Waals surface area contributed by atoms with Gasteiger partial charge in [0.15, 0.2) is 5.65 Å². The lowest BCUT2D eigenvalue weighted by Crippen LogP contribution is -2.37. The van der Waals surface area contributed by atoms with Crippen LogP contribution in [0.2, 0.25) is 0 Å². The first-order valence-corrected chi connectivity index (χ1v) is 8.64. The van der Waals surface area contributed by atoms with Crippen LogP contribution < -0.4 is 5.32 Å². The molecule has 2 aliphatic heterocycles. The SMILES string of the molecule is CNC(=O)c1cnn2c([C@H]3CCN(C4CCOCC4)C3)ccnc12. The Bertz CT molecular complexity index is 738. The molecule has 24 heavy (non-hydrogen) atoms. The Morgan fingerprint density at radius 2 is 2.17 bits per heavy atom. The molecule has 1 atom stereocenters. The van der Waals surface area contributed by atoms with Crippen molar-refractivity contribution in [1.29, 1.82) is 0 Å². The maximum Gasteiger partial charge on any atom is 0.256 e. The van der Waals surface area contributed by atoms with E-state index in [0.29, 0.717) is 23.2 Å². The fraction of sp³-hybridized carbons (Fsp3) is 0.588. The summed E-state index contributed by atoms with van der Waals surface area (Å²) in [4.78, 5) is 18.9. The van der Waals surface area contributed by atoms with Crippen LogP contribution in [0.3, 0.4) is 0 Å². The van der Waals surface area contributed by atoms with Gasteiger partial charge in [-0.25, -0.2) is 9.50 Å². The summed E-state index contributed by atoms with van der Waals surface area (Å²) in [7, 11) is 1.62. The molecule has 2 aromatic rings. The summed E-state index contributed by atoms with van der Waals surface area (Å²) in [6.07, 6.45) is 6.76. The van der Waals surface area contributed by atoms with Crippen molar-refractivity contribution in [2.75, 3.05) is 33.4 Å². The summed E-state index contributed by atoms with van der Waals surface area (Å²) < 4.78 is 7.31. The standard InChI is InChI=1S/C17H23N5O2/c1-18-17(23)14-10-20-22-15(2-6-19-16(14)22)12-3-7-21(11-12)13-4-8-24-9-5-13/h2,6,10,12-13H,3-5,7-9,11H2,1H3,(H,18,23)/t12-/m0/s1. The van der Waals surface area contributed by atoms with Gasteiger partial charge in [0.05, 0.1) is 11.9 Å². The second-order valence-corrected chi connectivity index (χ2v) is 6.57. The number of nitrogens with one attached hydrogen (secondary N) is 1. The zero-order valence-corrected chi connectivity index (χ0v) is 13.9. The van der Waals surface area contributed by atoms with Gasteiger partial charge in [-0.1, -0.05) is 0 Å². The third kappa shape index (κ3) is 2.67. The molecular weight excluding hydrogens is 306 g/mol. The van der Waals surface area contributed by atoms with Gasteiger partial charge >= 0.3 is 0 Å². The third-order valence-electron chi connectivity index (χ3n) is 5.25. The molecule has 0 saturated carbocycles. The van der Waals surface area contributed by atoms with Crippen molar-refractivity contribution in [1.82, 2.24) is 24.8 Å². The van der Waals surface area contributed by atoms with Crippen LogP contribution in [0.1, 0.15) is 41.2 Å². The average molecular weight is 329 g/mol. The van der Waals surface area contributed by atoms with Crippen LogP contribution >= 0.6 is 0 Å². The van der Waals surface area contributed by atoms with E-state index >= 15 is 0 Å². The Kier molecular flexibility index (Phi) is 4.20. The van der Waals surface area contributed by atoms with Crippen molar-refractivity contribution in [3.63, 3.8) is 0 Å². The third-order valence-corrected chi connectivity index (χ3v) is 5.25. The van der Waals surface area contributed by atoms with Crippen LogP contribution in [0.25, 0.3) is 5.65 Å². The largest absolute Gasteiger partial charge is 0.381 e. The quantitative estimate of drug-likeness (QED) is 0.911. The molecule has 0 unspecified atom stereocenters. The normalized spacial score (nSPS) is 23.0. The second-order valence-electron chi connectivity index (χ2n) is 6.57. The van der Waals surface area contributed by atoms with Crippen molar-refractivity contribution in [2.24, 2.45) is 0 Å². The van der Waals surface area contributed by atoms with Crippen LogP contribution in [-0.2, 0) is 4.74 Å². The summed E-state index contributed by atoms with van der Waals surface area (Å²) in [5, 5.41) is 7.07. The predicted molar refractivity (Wildman–Crippen MR) is 89.1 cm³/mol. The Morgan fingerprint density at radius 3 is 2.96 bits per heavy atom. The molecular formula is C17H23N5O2. The van der Waals surface area contributed by atoms with E-state index in [1.54, 1.807) is 19.4 Å². The van der Waals surface area contributed by atoms with E-state index in [0.717, 1.165) is 51.3 Å². The highest BCUT2D eigenvalue weighted by atomic mass is 16.5. The van der Waals surface area contributed by atoms with E-state index in [1.165, 1.54) is 0 Å². The van der Waals surface area contributed by atoms with Gasteiger partial charge in [0.2, 0.25) is 0 Å². The molecule has 0 radical (unpaired) electrons. The molecule has 4 heterocycles. The first-order chi connectivity index (χ1) is 11.8. The number of amides is 1. The van der Waals surface area contributed by atoms with Crippen molar-refractivity contribution >= 4 is 11.6 Å². The lowest BCUT2D eigenvalue weighted by molar-refractivity contribution is 0.0419. The molecule has 128 valence electrons. The molecule has 0 aliphatic carbocycles. The van der Waals surface area contributed by atoms with E-state index in [9.17, 15) is 4.79 Å². The highest BCUT2D eigenvalue weighted by Crippen LogP contribution is 2.30. The maximum absolute atomic E-state index is 12.0. The highest BCUT2D eigenvalue weighted by molar-refractivity contribution is 5.99. The van der Waals surface area contributed by atoms with Crippen molar-refractivity contribution in [2.45, 2.75) is 31.2 Å². The summed E-state index contributed by atoms with van der Waals surface area (Å²) in [6, 6.07) is 2.67. The van der Waals surface area contributed by atoms with Gasteiger partial charge in [-0.05, 0) is 31.9 Å². The van der Waals surface area contributed by atoms with Gasteiger partial charge in [0, 0.05) is 45.0 Å². The zero-order valence-electron chi connectivity index (χ0n) is 13.9. The monoisotopic (exact) mass is 329 g/mol. The number of aromatic nitrogens is 3. The number of rotatable bonds is 3. The Balaban J connectivity index is 1.58. The summed E-state index contributed by atoms with van der Waals surface area (Å²) in [6.45, 7) is 3.90. The lowest BCUT2D eigenvalue weighted by Gasteiger charge is -2.31. The molecule has 0 aromatic carbocycles. The average Bonchev–Trinajstić information content (AvgIpc) is 3.29. The molecule has 2 aromatic heterocycles. The van der Waals surface area contributed by atoms with Crippen molar-refractivity contribution in [3.8, 4) is 0 Å². The van der Waals surface area contributed by atoms with E-state index in [-0.39, 0.29) is 5.91 Å². The molecule has 2 fully saturated rings. The zero-order chi connectivity index (χ0) is 16.5. The van der Waals surface area contributed by atoms with Crippen LogP contribution in [0.5, 0.6) is 0 Å². The molecule has 7 heteroatoms. The number of fused-ring (bicyclic) bond motifs is 1. The van der Waals surface area contributed by atoms with Crippen molar-refractivity contribution in [3.05, 3.63) is 29.7 Å². The van der Waals surface area contributed by atoms with Gasteiger partial charge in [-0.2, -0.15) is 5.10 Å². The number of ether oxygens (including phenoxy) is 1. The number of carbonyl (C=O) groups excluding carboxylic acids is 1. The molecule has 4 rings (SSSR count). The second kappa shape index (κ2) is 6.49. The topological polar surface area (TPSA) is 71.8 Å². The molecule has 1 N–H and O–H groups in total. The van der Waals surface area contributed by atoms with Crippen LogP contribution in [-0.4, -0.2) is 64.8 Å². The minimum atomic E-state index is -0.148. The van der Waals surface area contributed by atoms with E-state index in [1.807, 2.05) is 10.6 Å². The van der Waals surface area contributed by atoms with Crippen LogP contribution in [0, 0.1) is 0 Å². The minimum absolute atomic E-state index is 0.148. The van der Waals surface area contributed by atoms with Crippen LogP contribution in [0.15, 0.2) is 18.5 Å². The predicted octanol–water partition coefficient (Wildman–Crippen LogP) is 1.06. The Hall–Kier alpha value is -1.99. The summed E-state index contributed by atoms with van der Waals surface area (Å²) in [5.41, 5.74) is 2.31. The first-order valence-electron chi connectivity index (χ1n) is 8.64. The van der Waals surface area contributed by atoms with Crippen molar-refractivity contribution < 1.29 is 9.53 Å². The number of likely N-dealkylation sites (tertiary alicyclic amines) is 1. The first kappa shape index (κ1) is 15.5. The fourth-order valence-corrected chi connectivity index (χ4v) is 3.92. The minimum Gasteiger partial charge on any atom is -0.381 e. The van der Waals surface area contributed by atoms with Gasteiger partial charge in [-0.15, -0.1) is 0 Å². The lowest BCUT2D eigenvalue weighted by atomic mass is 10.0. The smallest absolute Gasteiger partial charge is 0.256 e. The van der Waals surface area contributed by atoms with E-state index < -0.39 is 0 Å². The molecule has 7 nitrogen and oxygen atoms in total. The summed E-state index contributed by atoms with van der Waals surface area (Å²) in [5.74, 6) is 0.278. The number of nitrogens with zero attached hydrogens (tertiary/aromatic N) is 4. The molecule has 1 amide bonds. The number of hydrogen-bond acceptors (Lipinski definition) is 5. The highest BCUT2D eigenvalue weighted by Gasteiger charge is 2.31. The Morgan fingerprint density at radius 1 is 1.33 bits per heavy atom. The van der Waals surface area contributed by atoms with Gasteiger partial charge in [-0.3, -0.25) is 9.69 Å². The van der Waals surface area contributed by atoms with Gasteiger partial charge in [0.1, 0.15) is 5.56 Å². The van der Waals surface area contributed by atoms with E-state index in [4.69, 9.17) is 4.74 Å². The maximum atomic E-state index is 12.0.